The van der Waals surface area contributed by atoms with Gasteiger partial charge in [-0.1, -0.05) is 12.1 Å². The zero-order chi connectivity index (χ0) is 15.2. The summed E-state index contributed by atoms with van der Waals surface area (Å²) in [6.07, 6.45) is 0.856. The largest absolute Gasteiger partial charge is 0.352 e. The first-order valence-electron chi connectivity index (χ1n) is 7.18. The molecule has 0 atom stereocenters. The Balaban J connectivity index is 0.00000242. The van der Waals surface area contributed by atoms with Gasteiger partial charge in [-0.05, 0) is 44.0 Å². The van der Waals surface area contributed by atoms with Gasteiger partial charge in [0.1, 0.15) is 0 Å². The summed E-state index contributed by atoms with van der Waals surface area (Å²) in [5.41, 5.74) is 9.40. The van der Waals surface area contributed by atoms with Crippen molar-refractivity contribution in [2.75, 3.05) is 6.54 Å². The lowest BCUT2D eigenvalue weighted by molar-refractivity contribution is 0.0952. The summed E-state index contributed by atoms with van der Waals surface area (Å²) in [6.45, 7) is 5.96. The highest BCUT2D eigenvalue weighted by molar-refractivity contribution is 5.94. The maximum absolute atomic E-state index is 12.0. The van der Waals surface area contributed by atoms with Gasteiger partial charge in [0.15, 0.2) is 0 Å². The lowest BCUT2D eigenvalue weighted by atomic mass is 10.1. The van der Waals surface area contributed by atoms with Gasteiger partial charge in [-0.15, -0.1) is 12.4 Å². The summed E-state index contributed by atoms with van der Waals surface area (Å²) in [5.74, 6) is -0.0491. The van der Waals surface area contributed by atoms with Gasteiger partial charge in [-0.2, -0.15) is 5.10 Å². The highest BCUT2D eigenvalue weighted by atomic mass is 35.5. The maximum atomic E-state index is 12.0. The lowest BCUT2D eigenvalue weighted by Gasteiger charge is -2.07. The van der Waals surface area contributed by atoms with E-state index >= 15 is 0 Å². The van der Waals surface area contributed by atoms with Crippen LogP contribution in [0.4, 0.5) is 0 Å². The Labute approximate surface area is 137 Å². The number of hydrogen-bond donors (Lipinski definition) is 2. The highest BCUT2D eigenvalue weighted by Crippen LogP contribution is 2.04. The third kappa shape index (κ3) is 4.86. The molecule has 0 aliphatic carbocycles. The first-order chi connectivity index (χ1) is 10.1. The fourth-order valence-electron chi connectivity index (χ4n) is 2.23. The van der Waals surface area contributed by atoms with Crippen molar-refractivity contribution in [3.05, 3.63) is 52.8 Å². The van der Waals surface area contributed by atoms with Crippen molar-refractivity contribution >= 4 is 18.3 Å². The molecule has 120 valence electrons. The zero-order valence-electron chi connectivity index (χ0n) is 13.0. The average Bonchev–Trinajstić information content (AvgIpc) is 2.81. The number of carbonyl (C=O) groups is 1. The topological polar surface area (TPSA) is 72.9 Å². The molecular weight excluding hydrogens is 300 g/mol. The fraction of sp³-hybridized carbons (Fsp3) is 0.375. The SMILES string of the molecule is Cc1cc(C)n(CCCNC(=O)c2ccc(CN)cc2)n1.Cl. The Morgan fingerprint density at radius 1 is 1.27 bits per heavy atom. The van der Waals surface area contributed by atoms with Gasteiger partial charge in [-0.3, -0.25) is 9.48 Å². The molecule has 6 heteroatoms. The van der Waals surface area contributed by atoms with E-state index in [4.69, 9.17) is 5.73 Å². The number of aromatic nitrogens is 2. The Morgan fingerprint density at radius 3 is 2.50 bits per heavy atom. The van der Waals surface area contributed by atoms with E-state index in [0.29, 0.717) is 18.7 Å². The molecule has 0 saturated heterocycles. The number of amides is 1. The Morgan fingerprint density at radius 2 is 1.95 bits per heavy atom. The molecule has 5 nitrogen and oxygen atoms in total. The van der Waals surface area contributed by atoms with Crippen LogP contribution in [0.25, 0.3) is 0 Å². The van der Waals surface area contributed by atoms with Gasteiger partial charge in [-0.25, -0.2) is 0 Å². The minimum atomic E-state index is -0.0491. The summed E-state index contributed by atoms with van der Waals surface area (Å²) in [7, 11) is 0. The molecular formula is C16H23ClN4O. The van der Waals surface area contributed by atoms with Crippen LogP contribution >= 0.6 is 12.4 Å². The van der Waals surface area contributed by atoms with E-state index in [9.17, 15) is 4.79 Å². The Hall–Kier alpha value is -1.85. The van der Waals surface area contributed by atoms with Crippen molar-refractivity contribution in [3.8, 4) is 0 Å². The van der Waals surface area contributed by atoms with Gasteiger partial charge < -0.3 is 11.1 Å². The third-order valence-corrected chi connectivity index (χ3v) is 3.39. The molecule has 0 bridgehead atoms. The van der Waals surface area contributed by atoms with Crippen LogP contribution in [0.3, 0.4) is 0 Å². The van der Waals surface area contributed by atoms with Crippen LogP contribution in [-0.4, -0.2) is 22.2 Å². The van der Waals surface area contributed by atoms with Crippen molar-refractivity contribution < 1.29 is 4.79 Å². The Kier molecular flexibility index (Phi) is 7.08. The first kappa shape index (κ1) is 18.2. The molecule has 1 aromatic carbocycles. The van der Waals surface area contributed by atoms with Gasteiger partial charge in [0.05, 0.1) is 5.69 Å². The molecule has 22 heavy (non-hydrogen) atoms. The van der Waals surface area contributed by atoms with Crippen LogP contribution in [-0.2, 0) is 13.1 Å². The van der Waals surface area contributed by atoms with Crippen LogP contribution in [0.5, 0.6) is 0 Å². The van der Waals surface area contributed by atoms with E-state index < -0.39 is 0 Å². The minimum absolute atomic E-state index is 0. The van der Waals surface area contributed by atoms with E-state index in [-0.39, 0.29) is 18.3 Å². The number of halogens is 1. The average molecular weight is 323 g/mol. The molecule has 0 aliphatic heterocycles. The van der Waals surface area contributed by atoms with E-state index in [0.717, 1.165) is 29.9 Å². The predicted octanol–water partition coefficient (Wildman–Crippen LogP) is 2.20. The van der Waals surface area contributed by atoms with Crippen molar-refractivity contribution in [3.63, 3.8) is 0 Å². The predicted molar refractivity (Wildman–Crippen MR) is 90.2 cm³/mol. The molecule has 2 aromatic rings. The number of carbonyl (C=O) groups excluding carboxylic acids is 1. The van der Waals surface area contributed by atoms with E-state index in [1.54, 1.807) is 12.1 Å². The summed E-state index contributed by atoms with van der Waals surface area (Å²) >= 11 is 0. The summed E-state index contributed by atoms with van der Waals surface area (Å²) in [6, 6.07) is 9.42. The van der Waals surface area contributed by atoms with Crippen molar-refractivity contribution in [1.29, 1.82) is 0 Å². The van der Waals surface area contributed by atoms with Crippen molar-refractivity contribution in [2.24, 2.45) is 5.73 Å². The molecule has 1 heterocycles. The van der Waals surface area contributed by atoms with E-state index in [1.165, 1.54) is 0 Å². The second-order valence-electron chi connectivity index (χ2n) is 5.16. The molecule has 0 radical (unpaired) electrons. The van der Waals surface area contributed by atoms with Gasteiger partial charge in [0.2, 0.25) is 0 Å². The quantitative estimate of drug-likeness (QED) is 0.801. The number of rotatable bonds is 6. The second kappa shape index (κ2) is 8.56. The normalized spacial score (nSPS) is 10.1. The van der Waals surface area contributed by atoms with Crippen molar-refractivity contribution in [2.45, 2.75) is 33.4 Å². The number of nitrogens with one attached hydrogen (secondary N) is 1. The lowest BCUT2D eigenvalue weighted by Crippen LogP contribution is -2.25. The van der Waals surface area contributed by atoms with Crippen LogP contribution < -0.4 is 11.1 Å². The molecule has 0 spiro atoms. The summed E-state index contributed by atoms with van der Waals surface area (Å²) in [4.78, 5) is 12.0. The second-order valence-corrected chi connectivity index (χ2v) is 5.16. The molecule has 0 unspecified atom stereocenters. The number of nitrogens with two attached hydrogens (primary N) is 1. The zero-order valence-corrected chi connectivity index (χ0v) is 13.8. The third-order valence-electron chi connectivity index (χ3n) is 3.39. The molecule has 2 rings (SSSR count). The van der Waals surface area contributed by atoms with Gasteiger partial charge in [0.25, 0.3) is 5.91 Å². The number of nitrogens with zero attached hydrogens (tertiary/aromatic N) is 2. The molecule has 0 fully saturated rings. The van der Waals surface area contributed by atoms with Gasteiger partial charge in [0, 0.05) is 30.9 Å². The standard InChI is InChI=1S/C16H22N4O.ClH/c1-12-10-13(2)20(19-12)9-3-8-18-16(21)15-6-4-14(11-17)5-7-15;/h4-7,10H,3,8-9,11,17H2,1-2H3,(H,18,21);1H. The molecule has 3 N–H and O–H groups in total. The number of benzene rings is 1. The van der Waals surface area contributed by atoms with Crippen LogP contribution in [0.15, 0.2) is 30.3 Å². The van der Waals surface area contributed by atoms with Gasteiger partial charge >= 0.3 is 0 Å². The van der Waals surface area contributed by atoms with Crippen LogP contribution in [0.1, 0.15) is 33.7 Å². The first-order valence-corrected chi connectivity index (χ1v) is 7.18. The Bertz CT molecular complexity index is 607. The molecule has 0 aliphatic rings. The van der Waals surface area contributed by atoms with E-state index in [1.807, 2.05) is 30.7 Å². The summed E-state index contributed by atoms with van der Waals surface area (Å²) < 4.78 is 1.97. The minimum Gasteiger partial charge on any atom is -0.352 e. The molecule has 1 aromatic heterocycles. The summed E-state index contributed by atoms with van der Waals surface area (Å²) in [5, 5.41) is 7.32. The fourth-order valence-corrected chi connectivity index (χ4v) is 2.23. The van der Waals surface area contributed by atoms with Crippen LogP contribution in [0, 0.1) is 13.8 Å². The molecule has 1 amide bonds. The number of aryl methyl sites for hydroxylation is 3. The maximum Gasteiger partial charge on any atom is 0.251 e. The van der Waals surface area contributed by atoms with Crippen LogP contribution in [0.2, 0.25) is 0 Å². The monoisotopic (exact) mass is 322 g/mol. The molecule has 0 saturated carbocycles. The van der Waals surface area contributed by atoms with Crippen molar-refractivity contribution in [1.82, 2.24) is 15.1 Å². The smallest absolute Gasteiger partial charge is 0.251 e. The highest BCUT2D eigenvalue weighted by Gasteiger charge is 2.05. The van der Waals surface area contributed by atoms with E-state index in [2.05, 4.69) is 16.5 Å². The number of hydrogen-bond acceptors (Lipinski definition) is 3.